The highest BCUT2D eigenvalue weighted by Crippen LogP contribution is 2.22. The minimum Gasteiger partial charge on any atom is -0.426 e. The summed E-state index contributed by atoms with van der Waals surface area (Å²) in [6.45, 7) is 1.72. The maximum absolute atomic E-state index is 11.9. The Morgan fingerprint density at radius 2 is 1.96 bits per heavy atom. The number of ether oxygens (including phenoxy) is 1. The molecule has 23 heavy (non-hydrogen) atoms. The second-order valence-electron chi connectivity index (χ2n) is 4.57. The van der Waals surface area contributed by atoms with Crippen molar-refractivity contribution in [3.05, 3.63) is 64.1 Å². The van der Waals surface area contributed by atoms with Crippen LogP contribution in [0.5, 0.6) is 5.75 Å². The van der Waals surface area contributed by atoms with Crippen LogP contribution >= 0.6 is 15.9 Å². The number of carbonyl (C=O) groups excluding carboxylic acids is 2. The van der Waals surface area contributed by atoms with Gasteiger partial charge in [0.05, 0.1) is 6.21 Å². The largest absolute Gasteiger partial charge is 0.426 e. The van der Waals surface area contributed by atoms with Crippen LogP contribution in [0.4, 0.5) is 0 Å². The highest BCUT2D eigenvalue weighted by molar-refractivity contribution is 9.10. The molecule has 1 N–H and O–H groups in total. The summed E-state index contributed by atoms with van der Waals surface area (Å²) in [6, 6.07) is 13.9. The predicted octanol–water partition coefficient (Wildman–Crippen LogP) is 3.53. The molecule has 0 unspecified atom stereocenters. The maximum Gasteiger partial charge on any atom is 0.310 e. The smallest absolute Gasteiger partial charge is 0.310 e. The Kier molecular flexibility index (Phi) is 6.05. The average Bonchev–Trinajstić information content (AvgIpc) is 2.57. The molecule has 0 heterocycles. The Labute approximate surface area is 142 Å². The lowest BCUT2D eigenvalue weighted by atomic mass is 10.2. The first kappa shape index (κ1) is 16.9. The molecule has 1 amide bonds. The lowest BCUT2D eigenvalue weighted by molar-refractivity contribution is -0.134. The minimum absolute atomic E-state index is 0.275. The van der Waals surface area contributed by atoms with E-state index in [0.29, 0.717) is 16.9 Å². The van der Waals surface area contributed by atoms with E-state index in [1.807, 2.05) is 6.07 Å². The SMILES string of the molecule is CCC(=O)Oc1ccc(Br)cc1C=NNC(=O)c1ccccc1. The van der Waals surface area contributed by atoms with Gasteiger partial charge in [-0.15, -0.1) is 0 Å². The molecule has 0 aliphatic heterocycles. The summed E-state index contributed by atoms with van der Waals surface area (Å²) in [6.07, 6.45) is 1.71. The third-order valence-corrected chi connectivity index (χ3v) is 3.38. The summed E-state index contributed by atoms with van der Waals surface area (Å²) in [5.74, 6) is -0.267. The first-order valence-corrected chi connectivity index (χ1v) is 7.78. The van der Waals surface area contributed by atoms with Gasteiger partial charge in [0, 0.05) is 22.0 Å². The third-order valence-electron chi connectivity index (χ3n) is 2.89. The molecule has 2 aromatic carbocycles. The van der Waals surface area contributed by atoms with Crippen LogP contribution in [0.15, 0.2) is 58.1 Å². The van der Waals surface area contributed by atoms with Gasteiger partial charge in [-0.05, 0) is 30.3 Å². The van der Waals surface area contributed by atoms with E-state index in [1.165, 1.54) is 6.21 Å². The van der Waals surface area contributed by atoms with Gasteiger partial charge >= 0.3 is 5.97 Å². The van der Waals surface area contributed by atoms with Crippen molar-refractivity contribution < 1.29 is 14.3 Å². The second-order valence-corrected chi connectivity index (χ2v) is 5.49. The van der Waals surface area contributed by atoms with Crippen LogP contribution in [-0.2, 0) is 4.79 Å². The zero-order valence-electron chi connectivity index (χ0n) is 12.5. The Morgan fingerprint density at radius 3 is 2.65 bits per heavy atom. The Balaban J connectivity index is 2.11. The normalized spacial score (nSPS) is 10.5. The number of hydrogen-bond acceptors (Lipinski definition) is 4. The zero-order valence-corrected chi connectivity index (χ0v) is 14.0. The van der Waals surface area contributed by atoms with Crippen molar-refractivity contribution in [1.29, 1.82) is 0 Å². The number of nitrogens with zero attached hydrogens (tertiary/aromatic N) is 1. The van der Waals surface area contributed by atoms with Gasteiger partial charge in [0.15, 0.2) is 0 Å². The Hall–Kier alpha value is -2.47. The zero-order chi connectivity index (χ0) is 16.7. The van der Waals surface area contributed by atoms with Crippen molar-refractivity contribution in [1.82, 2.24) is 5.43 Å². The van der Waals surface area contributed by atoms with Crippen LogP contribution in [0.3, 0.4) is 0 Å². The number of rotatable bonds is 5. The van der Waals surface area contributed by atoms with Crippen molar-refractivity contribution >= 4 is 34.0 Å². The molecule has 0 saturated heterocycles. The van der Waals surface area contributed by atoms with Crippen molar-refractivity contribution in [3.63, 3.8) is 0 Å². The predicted molar refractivity (Wildman–Crippen MR) is 91.6 cm³/mol. The molecule has 0 bridgehead atoms. The van der Waals surface area contributed by atoms with Crippen LogP contribution in [0.25, 0.3) is 0 Å². The summed E-state index contributed by atoms with van der Waals surface area (Å²) in [7, 11) is 0. The van der Waals surface area contributed by atoms with Crippen molar-refractivity contribution in [2.45, 2.75) is 13.3 Å². The van der Waals surface area contributed by atoms with Gasteiger partial charge < -0.3 is 4.74 Å². The van der Waals surface area contributed by atoms with E-state index < -0.39 is 0 Å². The number of hydrazone groups is 1. The molecule has 6 heteroatoms. The molecule has 2 aromatic rings. The average molecular weight is 375 g/mol. The molecule has 0 aliphatic rings. The van der Waals surface area contributed by atoms with E-state index in [4.69, 9.17) is 4.74 Å². The third kappa shape index (κ3) is 5.03. The van der Waals surface area contributed by atoms with Crippen LogP contribution in [0.1, 0.15) is 29.3 Å². The van der Waals surface area contributed by atoms with E-state index in [2.05, 4.69) is 26.5 Å². The molecule has 0 saturated carbocycles. The van der Waals surface area contributed by atoms with E-state index >= 15 is 0 Å². The lowest BCUT2D eigenvalue weighted by Crippen LogP contribution is -2.17. The second kappa shape index (κ2) is 8.24. The molecule has 0 aromatic heterocycles. The molecular formula is C17H15BrN2O3. The highest BCUT2D eigenvalue weighted by Gasteiger charge is 2.08. The summed E-state index contributed by atoms with van der Waals surface area (Å²) in [5.41, 5.74) is 3.53. The lowest BCUT2D eigenvalue weighted by Gasteiger charge is -2.07. The molecule has 5 nitrogen and oxygen atoms in total. The summed E-state index contributed by atoms with van der Waals surface area (Å²) < 4.78 is 6.04. The maximum atomic E-state index is 11.9. The topological polar surface area (TPSA) is 67.8 Å². The van der Waals surface area contributed by atoms with Crippen molar-refractivity contribution in [3.8, 4) is 5.75 Å². The number of nitrogens with one attached hydrogen (secondary N) is 1. The molecule has 0 spiro atoms. The van der Waals surface area contributed by atoms with Gasteiger partial charge in [-0.1, -0.05) is 41.1 Å². The molecule has 2 rings (SSSR count). The monoisotopic (exact) mass is 374 g/mol. The number of esters is 1. The van der Waals surface area contributed by atoms with Crippen LogP contribution < -0.4 is 10.2 Å². The molecule has 0 atom stereocenters. The van der Waals surface area contributed by atoms with Crippen LogP contribution in [0.2, 0.25) is 0 Å². The molecule has 118 valence electrons. The fraction of sp³-hybridized carbons (Fsp3) is 0.118. The molecule has 0 fully saturated rings. The minimum atomic E-state index is -0.338. The number of carbonyl (C=O) groups is 2. The van der Waals surface area contributed by atoms with Crippen molar-refractivity contribution in [2.24, 2.45) is 5.10 Å². The summed E-state index contributed by atoms with van der Waals surface area (Å²) in [5, 5.41) is 3.92. The van der Waals surface area contributed by atoms with Crippen LogP contribution in [0, 0.1) is 0 Å². The molecule has 0 radical (unpaired) electrons. The van der Waals surface area contributed by atoms with Gasteiger partial charge in [0.1, 0.15) is 5.75 Å². The van der Waals surface area contributed by atoms with Gasteiger partial charge in [0.2, 0.25) is 0 Å². The van der Waals surface area contributed by atoms with Gasteiger partial charge in [-0.3, -0.25) is 9.59 Å². The summed E-state index contributed by atoms with van der Waals surface area (Å²) >= 11 is 3.35. The standard InChI is InChI=1S/C17H15BrN2O3/c1-2-16(21)23-15-9-8-14(18)10-13(15)11-19-20-17(22)12-6-4-3-5-7-12/h3-11H,2H2,1H3,(H,20,22). The van der Waals surface area contributed by atoms with E-state index in [9.17, 15) is 9.59 Å². The van der Waals surface area contributed by atoms with E-state index in [0.717, 1.165) is 4.47 Å². The fourth-order valence-electron chi connectivity index (χ4n) is 1.72. The highest BCUT2D eigenvalue weighted by atomic mass is 79.9. The number of hydrogen-bond donors (Lipinski definition) is 1. The quantitative estimate of drug-likeness (QED) is 0.376. The first-order valence-electron chi connectivity index (χ1n) is 6.99. The summed E-state index contributed by atoms with van der Waals surface area (Å²) in [4.78, 5) is 23.3. The van der Waals surface area contributed by atoms with Gasteiger partial charge in [-0.2, -0.15) is 5.10 Å². The number of amides is 1. The van der Waals surface area contributed by atoms with E-state index in [1.54, 1.807) is 49.4 Å². The van der Waals surface area contributed by atoms with Crippen molar-refractivity contribution in [2.75, 3.05) is 0 Å². The van der Waals surface area contributed by atoms with Gasteiger partial charge in [-0.25, -0.2) is 5.43 Å². The number of benzene rings is 2. The Bertz CT molecular complexity index is 730. The first-order chi connectivity index (χ1) is 11.1. The van der Waals surface area contributed by atoms with Crippen LogP contribution in [-0.4, -0.2) is 18.1 Å². The fourth-order valence-corrected chi connectivity index (χ4v) is 2.10. The Morgan fingerprint density at radius 1 is 1.22 bits per heavy atom. The number of halogens is 1. The molecular weight excluding hydrogens is 360 g/mol. The molecule has 0 aliphatic carbocycles. The van der Waals surface area contributed by atoms with E-state index in [-0.39, 0.29) is 18.3 Å². The van der Waals surface area contributed by atoms with Gasteiger partial charge in [0.25, 0.3) is 5.91 Å².